The Kier molecular flexibility index (Phi) is 5.18. The number of aromatic nitrogens is 2. The second-order valence-electron chi connectivity index (χ2n) is 3.48. The van der Waals surface area contributed by atoms with Crippen molar-refractivity contribution in [3.05, 3.63) is 44.7 Å². The summed E-state index contributed by atoms with van der Waals surface area (Å²) in [5, 5.41) is 6.95. The molecule has 0 aliphatic rings. The number of nitrogens with zero attached hydrogens (tertiary/aromatic N) is 1. The van der Waals surface area contributed by atoms with Crippen molar-refractivity contribution in [2.24, 2.45) is 0 Å². The number of hydrogen-bond donors (Lipinski definition) is 1. The van der Waals surface area contributed by atoms with Gasteiger partial charge in [0.1, 0.15) is 5.75 Å². The fourth-order valence-electron chi connectivity index (χ4n) is 1.28. The first-order valence-electron chi connectivity index (χ1n) is 5.35. The maximum absolute atomic E-state index is 10.7. The molecule has 0 aliphatic heterocycles. The third-order valence-electron chi connectivity index (χ3n) is 2.09. The molecule has 0 bridgehead atoms. The summed E-state index contributed by atoms with van der Waals surface area (Å²) < 4.78 is 10.3. The van der Waals surface area contributed by atoms with Crippen molar-refractivity contribution < 1.29 is 9.15 Å². The summed E-state index contributed by atoms with van der Waals surface area (Å²) in [5.74, 6) is 1.66. The molecule has 0 radical (unpaired) electrons. The highest BCUT2D eigenvalue weighted by Gasteiger charge is 2.03. The molecule has 102 valence electrons. The summed E-state index contributed by atoms with van der Waals surface area (Å²) >= 11 is 13.3. The molecule has 0 saturated carbocycles. The molecule has 0 amide bonds. The van der Waals surface area contributed by atoms with E-state index in [9.17, 15) is 4.79 Å². The first-order chi connectivity index (χ1) is 9.15. The van der Waals surface area contributed by atoms with Crippen LogP contribution in [0.5, 0.6) is 5.75 Å². The van der Waals surface area contributed by atoms with Gasteiger partial charge in [-0.3, -0.25) is 0 Å². The van der Waals surface area contributed by atoms with E-state index in [0.29, 0.717) is 34.0 Å². The Labute approximate surface area is 123 Å². The SMILES string of the molecule is O=c1[nH]nc(CSCCOc2ccc(Cl)cc2Cl)o1. The standard InChI is InChI=1S/C11H10Cl2N2O3S/c12-7-1-2-9(8(13)5-7)17-3-4-19-6-10-14-15-11(16)18-10/h1-2,5H,3-4,6H2,(H,15,16). The summed E-state index contributed by atoms with van der Waals surface area (Å²) in [5.41, 5.74) is 0. The lowest BCUT2D eigenvalue weighted by molar-refractivity contribution is 0.344. The molecule has 0 saturated heterocycles. The summed E-state index contributed by atoms with van der Waals surface area (Å²) in [4.78, 5) is 10.7. The fraction of sp³-hybridized carbons (Fsp3) is 0.273. The van der Waals surface area contributed by atoms with Gasteiger partial charge in [0.05, 0.1) is 17.4 Å². The van der Waals surface area contributed by atoms with E-state index in [4.69, 9.17) is 32.4 Å². The zero-order valence-electron chi connectivity index (χ0n) is 9.69. The van der Waals surface area contributed by atoms with Crippen LogP contribution in [0.25, 0.3) is 0 Å². The Hall–Kier alpha value is -1.11. The summed E-state index contributed by atoms with van der Waals surface area (Å²) in [6.45, 7) is 0.487. The second-order valence-corrected chi connectivity index (χ2v) is 5.43. The third-order valence-corrected chi connectivity index (χ3v) is 3.52. The van der Waals surface area contributed by atoms with Crippen molar-refractivity contribution in [2.45, 2.75) is 5.75 Å². The van der Waals surface area contributed by atoms with E-state index < -0.39 is 5.76 Å². The summed E-state index contributed by atoms with van der Waals surface area (Å²) in [7, 11) is 0. The highest BCUT2D eigenvalue weighted by molar-refractivity contribution is 7.98. The van der Waals surface area contributed by atoms with Crippen molar-refractivity contribution in [1.82, 2.24) is 10.2 Å². The van der Waals surface area contributed by atoms with E-state index >= 15 is 0 Å². The number of hydrogen-bond acceptors (Lipinski definition) is 5. The molecule has 0 unspecified atom stereocenters. The average Bonchev–Trinajstić information content (AvgIpc) is 2.77. The van der Waals surface area contributed by atoms with Crippen molar-refractivity contribution in [2.75, 3.05) is 12.4 Å². The van der Waals surface area contributed by atoms with Gasteiger partial charge in [-0.15, -0.1) is 16.9 Å². The van der Waals surface area contributed by atoms with E-state index in [1.807, 2.05) is 0 Å². The number of nitrogens with one attached hydrogen (secondary N) is 1. The molecule has 1 N–H and O–H groups in total. The first-order valence-corrected chi connectivity index (χ1v) is 7.26. The van der Waals surface area contributed by atoms with Crippen molar-refractivity contribution in [1.29, 1.82) is 0 Å². The number of H-pyrrole nitrogens is 1. The van der Waals surface area contributed by atoms with Gasteiger partial charge in [0, 0.05) is 10.8 Å². The Morgan fingerprint density at radius 2 is 2.26 bits per heavy atom. The Bertz CT molecular complexity index is 600. The zero-order chi connectivity index (χ0) is 13.7. The summed E-state index contributed by atoms with van der Waals surface area (Å²) in [6, 6.07) is 5.07. The monoisotopic (exact) mass is 320 g/mol. The van der Waals surface area contributed by atoms with Gasteiger partial charge in [-0.2, -0.15) is 0 Å². The number of halogens is 2. The maximum Gasteiger partial charge on any atom is 0.434 e. The molecule has 8 heteroatoms. The molecule has 19 heavy (non-hydrogen) atoms. The molecular weight excluding hydrogens is 311 g/mol. The van der Waals surface area contributed by atoms with E-state index in [2.05, 4.69) is 10.2 Å². The topological polar surface area (TPSA) is 68.1 Å². The van der Waals surface area contributed by atoms with Crippen molar-refractivity contribution in [3.63, 3.8) is 0 Å². The van der Waals surface area contributed by atoms with Gasteiger partial charge in [0.25, 0.3) is 0 Å². The van der Waals surface area contributed by atoms with Crippen LogP contribution in [0.15, 0.2) is 27.4 Å². The highest BCUT2D eigenvalue weighted by Crippen LogP contribution is 2.27. The summed E-state index contributed by atoms with van der Waals surface area (Å²) in [6.07, 6.45) is 0. The number of ether oxygens (including phenoxy) is 1. The minimum atomic E-state index is -0.542. The number of thioether (sulfide) groups is 1. The minimum Gasteiger partial charge on any atom is -0.491 e. The molecular formula is C11H10Cl2N2O3S. The molecule has 1 heterocycles. The van der Waals surface area contributed by atoms with Crippen LogP contribution in [-0.4, -0.2) is 22.6 Å². The quantitative estimate of drug-likeness (QED) is 0.829. The van der Waals surface area contributed by atoms with Crippen LogP contribution in [0.2, 0.25) is 10.0 Å². The van der Waals surface area contributed by atoms with Crippen LogP contribution in [0.3, 0.4) is 0 Å². The van der Waals surface area contributed by atoms with E-state index in [0.717, 1.165) is 5.75 Å². The smallest absolute Gasteiger partial charge is 0.434 e. The number of aromatic amines is 1. The predicted octanol–water partition coefficient (Wildman–Crippen LogP) is 2.98. The molecule has 2 aromatic rings. The van der Waals surface area contributed by atoms with Gasteiger partial charge in [-0.25, -0.2) is 9.89 Å². The molecule has 0 aliphatic carbocycles. The lowest BCUT2D eigenvalue weighted by Gasteiger charge is -2.07. The van der Waals surface area contributed by atoms with Crippen LogP contribution in [0.4, 0.5) is 0 Å². The van der Waals surface area contributed by atoms with E-state index in [-0.39, 0.29) is 0 Å². The van der Waals surface area contributed by atoms with E-state index in [1.165, 1.54) is 11.8 Å². The van der Waals surface area contributed by atoms with Crippen molar-refractivity contribution in [3.8, 4) is 5.75 Å². The number of rotatable bonds is 6. The lowest BCUT2D eigenvalue weighted by atomic mass is 10.3. The Balaban J connectivity index is 1.70. The Morgan fingerprint density at radius 1 is 1.42 bits per heavy atom. The average molecular weight is 321 g/mol. The third kappa shape index (κ3) is 4.49. The molecule has 0 fully saturated rings. The Morgan fingerprint density at radius 3 is 2.95 bits per heavy atom. The molecule has 0 spiro atoms. The fourth-order valence-corrected chi connectivity index (χ4v) is 2.39. The molecule has 2 rings (SSSR count). The zero-order valence-corrected chi connectivity index (χ0v) is 12.0. The van der Waals surface area contributed by atoms with Gasteiger partial charge in [0.2, 0.25) is 5.89 Å². The largest absolute Gasteiger partial charge is 0.491 e. The molecule has 0 atom stereocenters. The van der Waals surface area contributed by atoms with Gasteiger partial charge in [0.15, 0.2) is 0 Å². The van der Waals surface area contributed by atoms with Crippen LogP contribution in [-0.2, 0) is 5.75 Å². The van der Waals surface area contributed by atoms with Gasteiger partial charge in [-0.05, 0) is 18.2 Å². The molecule has 1 aromatic carbocycles. The van der Waals surface area contributed by atoms with Gasteiger partial charge in [-0.1, -0.05) is 23.2 Å². The normalized spacial score (nSPS) is 10.6. The molecule has 5 nitrogen and oxygen atoms in total. The lowest BCUT2D eigenvalue weighted by Crippen LogP contribution is -2.01. The predicted molar refractivity (Wildman–Crippen MR) is 75.2 cm³/mol. The minimum absolute atomic E-state index is 0.375. The second kappa shape index (κ2) is 6.88. The molecule has 1 aromatic heterocycles. The van der Waals surface area contributed by atoms with Crippen LogP contribution >= 0.6 is 35.0 Å². The van der Waals surface area contributed by atoms with Crippen molar-refractivity contribution >= 4 is 35.0 Å². The van der Waals surface area contributed by atoms with Crippen LogP contribution in [0.1, 0.15) is 5.89 Å². The highest BCUT2D eigenvalue weighted by atomic mass is 35.5. The van der Waals surface area contributed by atoms with Crippen LogP contribution in [0, 0.1) is 0 Å². The first kappa shape index (κ1) is 14.3. The van der Waals surface area contributed by atoms with Crippen LogP contribution < -0.4 is 10.5 Å². The van der Waals surface area contributed by atoms with Gasteiger partial charge >= 0.3 is 5.76 Å². The van der Waals surface area contributed by atoms with Gasteiger partial charge < -0.3 is 9.15 Å². The van der Waals surface area contributed by atoms with E-state index in [1.54, 1.807) is 18.2 Å². The maximum atomic E-state index is 10.7. The number of benzene rings is 1.